The summed E-state index contributed by atoms with van der Waals surface area (Å²) in [6.07, 6.45) is 0.902. The number of ether oxygens (including phenoxy) is 1. The van der Waals surface area contributed by atoms with Crippen LogP contribution in [0, 0.1) is 0 Å². The van der Waals surface area contributed by atoms with Crippen molar-refractivity contribution in [2.75, 3.05) is 27.3 Å². The third-order valence-electron chi connectivity index (χ3n) is 5.34. The molecule has 0 aromatic heterocycles. The molecule has 32 heavy (non-hydrogen) atoms. The number of benzene rings is 3. The van der Waals surface area contributed by atoms with Crippen molar-refractivity contribution in [3.05, 3.63) is 102 Å². The van der Waals surface area contributed by atoms with Crippen molar-refractivity contribution < 1.29 is 18.7 Å². The van der Waals surface area contributed by atoms with Crippen LogP contribution in [-0.2, 0) is 9.09 Å². The maximum absolute atomic E-state index is 11.8. The Morgan fingerprint density at radius 1 is 0.875 bits per heavy atom. The minimum atomic E-state index is -3.74. The normalized spacial score (nSPS) is 14.0. The van der Waals surface area contributed by atoms with Crippen molar-refractivity contribution in [1.82, 2.24) is 4.67 Å². The van der Waals surface area contributed by atoms with Crippen molar-refractivity contribution in [2.24, 2.45) is 0 Å². The summed E-state index contributed by atoms with van der Waals surface area (Å²) in [7, 11) is -0.989. The first-order chi connectivity index (χ1) is 15.5. The second-order valence-corrected chi connectivity index (χ2v) is 9.40. The molecule has 0 saturated heterocycles. The van der Waals surface area contributed by atoms with Gasteiger partial charge in [0.1, 0.15) is 12.4 Å². The Hall–Kier alpha value is -2.69. The highest BCUT2D eigenvalue weighted by Gasteiger charge is 2.23. The van der Waals surface area contributed by atoms with Crippen LogP contribution in [0.15, 0.2) is 84.9 Å². The van der Waals surface area contributed by atoms with E-state index in [-0.39, 0.29) is 13.2 Å². The van der Waals surface area contributed by atoms with E-state index < -0.39 is 7.75 Å². The molecule has 0 radical (unpaired) electrons. The van der Waals surface area contributed by atoms with Gasteiger partial charge < -0.3 is 14.2 Å². The highest BCUT2D eigenvalue weighted by molar-refractivity contribution is 7.50. The molecule has 0 spiro atoms. The van der Waals surface area contributed by atoms with Gasteiger partial charge in [0.2, 0.25) is 0 Å². The lowest BCUT2D eigenvalue weighted by molar-refractivity contribution is 0.225. The number of allylic oxidation sites excluding steroid dienone is 1. The second-order valence-electron chi connectivity index (χ2n) is 7.37. The molecule has 1 atom stereocenters. The fraction of sp³-hybridized carbons (Fsp3) is 0.231. The Kier molecular flexibility index (Phi) is 8.43. The Morgan fingerprint density at radius 2 is 1.41 bits per heavy atom. The summed E-state index contributed by atoms with van der Waals surface area (Å²) < 4.78 is 23.5. The average Bonchev–Trinajstić information content (AvgIpc) is 2.84. The van der Waals surface area contributed by atoms with Crippen molar-refractivity contribution in [2.45, 2.75) is 13.3 Å². The van der Waals surface area contributed by atoms with E-state index in [4.69, 9.17) is 4.74 Å². The standard InChI is InChI=1S/C26H30NO4P/c1-4-25(21-11-7-5-8-12-21)26(22-13-9-6-10-14-22)23-15-17-24(18-16-23)31-20-19-27(2)32(28,29)30-3/h5-18H,4,19-20H2,1-3H3,(H,28,29). The zero-order valence-corrected chi connectivity index (χ0v) is 19.7. The third kappa shape index (κ3) is 5.96. The third-order valence-corrected chi connectivity index (χ3v) is 6.87. The SMILES string of the molecule is CCC(=C(c1ccccc1)c1ccc(OCCN(C)P(=O)(O)OC)cc1)c1ccccc1. The monoisotopic (exact) mass is 451 g/mol. The van der Waals surface area contributed by atoms with Crippen molar-refractivity contribution in [3.8, 4) is 5.75 Å². The van der Waals surface area contributed by atoms with Gasteiger partial charge in [0.15, 0.2) is 0 Å². The molecule has 0 bridgehead atoms. The van der Waals surface area contributed by atoms with Crippen LogP contribution in [0.25, 0.3) is 11.1 Å². The van der Waals surface area contributed by atoms with Crippen LogP contribution in [0.4, 0.5) is 0 Å². The Morgan fingerprint density at radius 3 is 1.94 bits per heavy atom. The van der Waals surface area contributed by atoms with Gasteiger partial charge in [0.25, 0.3) is 0 Å². The predicted molar refractivity (Wildman–Crippen MR) is 130 cm³/mol. The molecule has 1 unspecified atom stereocenters. The zero-order valence-electron chi connectivity index (χ0n) is 18.8. The molecule has 1 N–H and O–H groups in total. The van der Waals surface area contributed by atoms with Gasteiger partial charge in [0.05, 0.1) is 0 Å². The molecule has 0 aliphatic rings. The van der Waals surface area contributed by atoms with Gasteiger partial charge in [-0.25, -0.2) is 9.24 Å². The molecule has 0 amide bonds. The Balaban J connectivity index is 1.86. The molecule has 5 nitrogen and oxygen atoms in total. The van der Waals surface area contributed by atoms with Gasteiger partial charge in [-0.3, -0.25) is 0 Å². The number of hydrogen-bond acceptors (Lipinski definition) is 3. The molecule has 3 aromatic carbocycles. The Bertz CT molecular complexity index is 1070. The maximum Gasteiger partial charge on any atom is 0.405 e. The van der Waals surface area contributed by atoms with Gasteiger partial charge in [-0.2, -0.15) is 0 Å². The predicted octanol–water partition coefficient (Wildman–Crippen LogP) is 6.11. The minimum Gasteiger partial charge on any atom is -0.492 e. The van der Waals surface area contributed by atoms with Gasteiger partial charge in [0, 0.05) is 13.7 Å². The molecule has 3 rings (SSSR count). The Labute approximate surface area is 190 Å². The summed E-state index contributed by atoms with van der Waals surface area (Å²) in [6.45, 7) is 2.72. The van der Waals surface area contributed by atoms with E-state index >= 15 is 0 Å². The second kappa shape index (κ2) is 11.3. The fourth-order valence-corrected chi connectivity index (χ4v) is 4.18. The summed E-state index contributed by atoms with van der Waals surface area (Å²) in [5.41, 5.74) is 5.98. The first-order valence-corrected chi connectivity index (χ1v) is 12.2. The number of likely N-dealkylation sites (N-methyl/N-ethyl adjacent to an activating group) is 1. The molecule has 0 heterocycles. The highest BCUT2D eigenvalue weighted by atomic mass is 31.2. The fourth-order valence-electron chi connectivity index (χ4n) is 3.56. The van der Waals surface area contributed by atoms with E-state index in [1.807, 2.05) is 24.3 Å². The lowest BCUT2D eigenvalue weighted by Gasteiger charge is -2.20. The smallest absolute Gasteiger partial charge is 0.405 e. The minimum absolute atomic E-state index is 0.270. The van der Waals surface area contributed by atoms with Crippen LogP contribution in [0.2, 0.25) is 0 Å². The average molecular weight is 452 g/mol. The van der Waals surface area contributed by atoms with E-state index in [1.165, 1.54) is 41.1 Å². The molecular weight excluding hydrogens is 421 g/mol. The topological polar surface area (TPSA) is 59.0 Å². The lowest BCUT2D eigenvalue weighted by Crippen LogP contribution is -2.22. The number of nitrogens with zero attached hydrogens (tertiary/aromatic N) is 1. The van der Waals surface area contributed by atoms with Gasteiger partial charge >= 0.3 is 7.75 Å². The lowest BCUT2D eigenvalue weighted by atomic mass is 9.88. The molecule has 6 heteroatoms. The summed E-state index contributed by atoms with van der Waals surface area (Å²) in [6, 6.07) is 28.9. The van der Waals surface area contributed by atoms with Crippen LogP contribution in [0.5, 0.6) is 5.75 Å². The zero-order chi connectivity index (χ0) is 23.0. The first-order valence-electron chi connectivity index (χ1n) is 10.6. The van der Waals surface area contributed by atoms with Crippen molar-refractivity contribution >= 4 is 18.9 Å². The maximum atomic E-state index is 11.8. The van der Waals surface area contributed by atoms with Crippen molar-refractivity contribution in [3.63, 3.8) is 0 Å². The van der Waals surface area contributed by atoms with E-state index in [0.29, 0.717) is 5.75 Å². The number of hydrogen-bond donors (Lipinski definition) is 1. The quantitative estimate of drug-likeness (QED) is 0.298. The van der Waals surface area contributed by atoms with E-state index in [2.05, 4.69) is 72.1 Å². The molecule has 0 saturated carbocycles. The summed E-state index contributed by atoms with van der Waals surface area (Å²) in [5.74, 6) is 0.706. The highest BCUT2D eigenvalue weighted by Crippen LogP contribution is 2.43. The van der Waals surface area contributed by atoms with Gasteiger partial charge in [-0.1, -0.05) is 79.7 Å². The molecular formula is C26H30NO4P. The first kappa shape index (κ1) is 24.0. The van der Waals surface area contributed by atoms with Crippen LogP contribution in [0.1, 0.15) is 30.0 Å². The van der Waals surface area contributed by atoms with Crippen molar-refractivity contribution in [1.29, 1.82) is 0 Å². The molecule has 168 valence electrons. The summed E-state index contributed by atoms with van der Waals surface area (Å²) in [5, 5.41) is 0. The molecule has 3 aromatic rings. The van der Waals surface area contributed by atoms with Crippen LogP contribution in [-0.4, -0.2) is 36.9 Å². The van der Waals surface area contributed by atoms with Gasteiger partial charge in [-0.15, -0.1) is 0 Å². The van der Waals surface area contributed by atoms with Crippen LogP contribution < -0.4 is 4.74 Å². The van der Waals surface area contributed by atoms with Crippen LogP contribution in [0.3, 0.4) is 0 Å². The van der Waals surface area contributed by atoms with Gasteiger partial charge in [-0.05, 0) is 53.4 Å². The molecule has 0 aliphatic carbocycles. The molecule has 0 aliphatic heterocycles. The van der Waals surface area contributed by atoms with E-state index in [0.717, 1.165) is 12.0 Å². The summed E-state index contributed by atoms with van der Waals surface area (Å²) >= 11 is 0. The largest absolute Gasteiger partial charge is 0.492 e. The summed E-state index contributed by atoms with van der Waals surface area (Å²) in [4.78, 5) is 9.66. The van der Waals surface area contributed by atoms with E-state index in [9.17, 15) is 9.46 Å². The molecule has 0 fully saturated rings. The van der Waals surface area contributed by atoms with Crippen LogP contribution >= 0.6 is 7.75 Å². The number of rotatable bonds is 10. The van der Waals surface area contributed by atoms with E-state index in [1.54, 1.807) is 0 Å².